The molecule has 0 saturated carbocycles. The number of nitrogens with zero attached hydrogens (tertiary/aromatic N) is 3. The molecule has 2 heterocycles. The van der Waals surface area contributed by atoms with Crippen molar-refractivity contribution < 1.29 is 8.42 Å². The van der Waals surface area contributed by atoms with E-state index in [1.807, 2.05) is 37.6 Å². The number of aromatic nitrogens is 2. The fraction of sp³-hybridized carbons (Fsp3) is 0.400. The van der Waals surface area contributed by atoms with Crippen LogP contribution in [0, 0.1) is 0 Å². The first-order chi connectivity index (χ1) is 10.0. The maximum absolute atomic E-state index is 12.3. The molecule has 6 heteroatoms. The molecule has 1 atom stereocenters. The number of aryl methyl sites for hydroxylation is 1. The van der Waals surface area contributed by atoms with Crippen LogP contribution >= 0.6 is 0 Å². The predicted molar refractivity (Wildman–Crippen MR) is 81.4 cm³/mol. The molecule has 1 aromatic carbocycles. The van der Waals surface area contributed by atoms with Gasteiger partial charge in [0.1, 0.15) is 0 Å². The van der Waals surface area contributed by atoms with Gasteiger partial charge in [-0.3, -0.25) is 4.68 Å². The number of fused-ring (bicyclic) bond motifs is 1. The zero-order valence-corrected chi connectivity index (χ0v) is 13.0. The van der Waals surface area contributed by atoms with E-state index in [2.05, 4.69) is 11.2 Å². The van der Waals surface area contributed by atoms with E-state index < -0.39 is 10.0 Å². The molecule has 3 rings (SSSR count). The van der Waals surface area contributed by atoms with E-state index in [4.69, 9.17) is 0 Å². The second-order valence-electron chi connectivity index (χ2n) is 5.39. The van der Waals surface area contributed by atoms with Gasteiger partial charge in [0.2, 0.25) is 10.0 Å². The van der Waals surface area contributed by atoms with E-state index in [9.17, 15) is 8.42 Å². The van der Waals surface area contributed by atoms with Crippen molar-refractivity contribution in [2.24, 2.45) is 7.05 Å². The van der Waals surface area contributed by atoms with Crippen LogP contribution in [0.2, 0.25) is 0 Å². The summed E-state index contributed by atoms with van der Waals surface area (Å²) in [6.45, 7) is 2.64. The van der Waals surface area contributed by atoms with Gasteiger partial charge in [-0.2, -0.15) is 9.40 Å². The summed E-state index contributed by atoms with van der Waals surface area (Å²) in [5, 5.41) is 4.22. The minimum absolute atomic E-state index is 0.0463. The average molecular weight is 305 g/mol. The summed E-state index contributed by atoms with van der Waals surface area (Å²) in [7, 11) is -1.32. The van der Waals surface area contributed by atoms with E-state index in [1.165, 1.54) is 5.56 Å². The van der Waals surface area contributed by atoms with Gasteiger partial charge in [0.15, 0.2) is 0 Å². The lowest BCUT2D eigenvalue weighted by atomic mass is 9.87. The SMILES string of the molecule is CCS(=O)(=O)N1Cc2ccccc2C(c2cnn(C)c2)C1. The molecule has 1 aliphatic heterocycles. The highest BCUT2D eigenvalue weighted by molar-refractivity contribution is 7.89. The first kappa shape index (κ1) is 14.3. The Morgan fingerprint density at radius 3 is 2.76 bits per heavy atom. The highest BCUT2D eigenvalue weighted by atomic mass is 32.2. The highest BCUT2D eigenvalue weighted by Crippen LogP contribution is 2.34. The molecule has 1 aromatic heterocycles. The molecule has 2 aromatic rings. The Balaban J connectivity index is 2.06. The summed E-state index contributed by atoms with van der Waals surface area (Å²) >= 11 is 0. The van der Waals surface area contributed by atoms with Crippen LogP contribution in [0.5, 0.6) is 0 Å². The topological polar surface area (TPSA) is 55.2 Å². The monoisotopic (exact) mass is 305 g/mol. The molecule has 0 amide bonds. The Labute approximate surface area is 125 Å². The lowest BCUT2D eigenvalue weighted by Gasteiger charge is -2.33. The second-order valence-corrected chi connectivity index (χ2v) is 7.65. The first-order valence-electron chi connectivity index (χ1n) is 7.05. The number of rotatable bonds is 3. The fourth-order valence-corrected chi connectivity index (χ4v) is 3.95. The summed E-state index contributed by atoms with van der Waals surface area (Å²) in [4.78, 5) is 0. The van der Waals surface area contributed by atoms with Crippen LogP contribution < -0.4 is 0 Å². The molecule has 21 heavy (non-hydrogen) atoms. The minimum atomic E-state index is -3.19. The molecule has 5 nitrogen and oxygen atoms in total. The molecule has 0 bridgehead atoms. The molecule has 1 aliphatic rings. The largest absolute Gasteiger partial charge is 0.276 e. The van der Waals surface area contributed by atoms with Gasteiger partial charge in [-0.15, -0.1) is 0 Å². The Hall–Kier alpha value is -1.66. The summed E-state index contributed by atoms with van der Waals surface area (Å²) in [5.41, 5.74) is 3.34. The summed E-state index contributed by atoms with van der Waals surface area (Å²) in [5.74, 6) is 0.180. The first-order valence-corrected chi connectivity index (χ1v) is 8.66. The molecule has 1 unspecified atom stereocenters. The smallest absolute Gasteiger partial charge is 0.214 e. The molecule has 112 valence electrons. The Morgan fingerprint density at radius 2 is 2.10 bits per heavy atom. The molecule has 0 saturated heterocycles. The van der Waals surface area contributed by atoms with E-state index in [1.54, 1.807) is 15.9 Å². The maximum Gasteiger partial charge on any atom is 0.214 e. The molecule has 0 aliphatic carbocycles. The van der Waals surface area contributed by atoms with Crippen molar-refractivity contribution in [1.82, 2.24) is 14.1 Å². The Morgan fingerprint density at radius 1 is 1.33 bits per heavy atom. The molecular weight excluding hydrogens is 286 g/mol. The number of hydrogen-bond acceptors (Lipinski definition) is 3. The van der Waals surface area contributed by atoms with Crippen molar-refractivity contribution in [3.8, 4) is 0 Å². The third-order valence-corrected chi connectivity index (χ3v) is 5.84. The van der Waals surface area contributed by atoms with Crippen LogP contribution in [0.3, 0.4) is 0 Å². The van der Waals surface area contributed by atoms with Crippen molar-refractivity contribution in [2.45, 2.75) is 19.4 Å². The van der Waals surface area contributed by atoms with Gasteiger partial charge < -0.3 is 0 Å². The van der Waals surface area contributed by atoms with Gasteiger partial charge in [-0.1, -0.05) is 24.3 Å². The van der Waals surface area contributed by atoms with Gasteiger partial charge >= 0.3 is 0 Å². The normalized spacial score (nSPS) is 19.4. The van der Waals surface area contributed by atoms with E-state index in [0.29, 0.717) is 13.1 Å². The molecule has 0 spiro atoms. The molecule has 0 N–H and O–H groups in total. The highest BCUT2D eigenvalue weighted by Gasteiger charge is 2.32. The standard InChI is InChI=1S/C15H19N3O2S/c1-3-21(19,20)18-10-12-6-4-5-7-14(12)15(11-18)13-8-16-17(2)9-13/h4-9,15H,3,10-11H2,1-2H3. The van der Waals surface area contributed by atoms with E-state index in [0.717, 1.165) is 11.1 Å². The summed E-state index contributed by atoms with van der Waals surface area (Å²) < 4.78 is 27.8. The van der Waals surface area contributed by atoms with Gasteiger partial charge in [0.05, 0.1) is 11.9 Å². The summed E-state index contributed by atoms with van der Waals surface area (Å²) in [6.07, 6.45) is 3.78. The lowest BCUT2D eigenvalue weighted by Crippen LogP contribution is -2.39. The van der Waals surface area contributed by atoms with Gasteiger partial charge in [0.25, 0.3) is 0 Å². The molecular formula is C15H19N3O2S. The summed E-state index contributed by atoms with van der Waals surface area (Å²) in [6, 6.07) is 8.06. The quantitative estimate of drug-likeness (QED) is 0.867. The fourth-order valence-electron chi connectivity index (χ4n) is 2.87. The van der Waals surface area contributed by atoms with Crippen molar-refractivity contribution in [3.63, 3.8) is 0 Å². The van der Waals surface area contributed by atoms with Crippen molar-refractivity contribution in [3.05, 3.63) is 53.3 Å². The van der Waals surface area contributed by atoms with Crippen LogP contribution in [0.4, 0.5) is 0 Å². The van der Waals surface area contributed by atoms with Gasteiger partial charge in [-0.05, 0) is 23.6 Å². The van der Waals surface area contributed by atoms with Crippen molar-refractivity contribution in [2.75, 3.05) is 12.3 Å². The Kier molecular flexibility index (Phi) is 3.59. The second kappa shape index (κ2) is 5.27. The van der Waals surface area contributed by atoms with Crippen molar-refractivity contribution in [1.29, 1.82) is 0 Å². The predicted octanol–water partition coefficient (Wildman–Crippen LogP) is 1.72. The van der Waals surface area contributed by atoms with Gasteiger partial charge in [0, 0.05) is 32.3 Å². The zero-order chi connectivity index (χ0) is 15.0. The van der Waals surface area contributed by atoms with Gasteiger partial charge in [-0.25, -0.2) is 8.42 Å². The average Bonchev–Trinajstić information content (AvgIpc) is 2.92. The maximum atomic E-state index is 12.3. The van der Waals surface area contributed by atoms with E-state index in [-0.39, 0.29) is 11.7 Å². The van der Waals surface area contributed by atoms with Crippen LogP contribution in [-0.2, 0) is 23.6 Å². The number of sulfonamides is 1. The van der Waals surface area contributed by atoms with Crippen LogP contribution in [0.1, 0.15) is 29.5 Å². The number of hydrogen-bond donors (Lipinski definition) is 0. The lowest BCUT2D eigenvalue weighted by molar-refractivity contribution is 0.372. The van der Waals surface area contributed by atoms with Crippen LogP contribution in [0.25, 0.3) is 0 Å². The Bertz CT molecular complexity index is 752. The molecule has 0 radical (unpaired) electrons. The van der Waals surface area contributed by atoms with E-state index >= 15 is 0 Å². The van der Waals surface area contributed by atoms with Crippen molar-refractivity contribution >= 4 is 10.0 Å². The van der Waals surface area contributed by atoms with Crippen LogP contribution in [-0.4, -0.2) is 34.8 Å². The minimum Gasteiger partial charge on any atom is -0.276 e. The third-order valence-electron chi connectivity index (χ3n) is 4.05. The zero-order valence-electron chi connectivity index (χ0n) is 12.2. The number of benzene rings is 1. The molecule has 0 fully saturated rings. The van der Waals surface area contributed by atoms with Crippen LogP contribution in [0.15, 0.2) is 36.7 Å². The third kappa shape index (κ3) is 2.61.